The Morgan fingerprint density at radius 3 is 2.38 bits per heavy atom. The molecular formula is C16H14ClF3N4O2. The molecular weight excluding hydrogens is 373 g/mol. The Balaban J connectivity index is 1.94. The fraction of sp³-hybridized carbons (Fsp3) is 0.188. The third kappa shape index (κ3) is 5.09. The molecule has 2 rings (SSSR count). The smallest absolute Gasteiger partial charge is 0.357 e. The molecule has 1 aromatic carbocycles. The Morgan fingerprint density at radius 2 is 1.81 bits per heavy atom. The molecule has 3 N–H and O–H groups in total. The number of hydrogen-bond donors (Lipinski definition) is 3. The first kappa shape index (κ1) is 19.5. The van der Waals surface area contributed by atoms with Gasteiger partial charge in [0.15, 0.2) is 0 Å². The van der Waals surface area contributed by atoms with E-state index in [1.165, 1.54) is 6.92 Å². The molecule has 0 fully saturated rings. The summed E-state index contributed by atoms with van der Waals surface area (Å²) in [4.78, 5) is 27.4. The van der Waals surface area contributed by atoms with Crippen LogP contribution in [0.15, 0.2) is 42.6 Å². The first-order valence-electron chi connectivity index (χ1n) is 7.33. The molecule has 2 amide bonds. The average molecular weight is 387 g/mol. The van der Waals surface area contributed by atoms with E-state index in [4.69, 9.17) is 11.6 Å². The number of alkyl halides is 3. The fourth-order valence-corrected chi connectivity index (χ4v) is 2.08. The van der Waals surface area contributed by atoms with Crippen LogP contribution in [0.1, 0.15) is 22.8 Å². The lowest BCUT2D eigenvalue weighted by Crippen LogP contribution is -2.47. The largest absolute Gasteiger partial charge is 0.417 e. The van der Waals surface area contributed by atoms with E-state index in [9.17, 15) is 22.8 Å². The second-order valence-electron chi connectivity index (χ2n) is 5.23. The van der Waals surface area contributed by atoms with Crippen molar-refractivity contribution in [2.75, 3.05) is 5.32 Å². The normalized spacial score (nSPS) is 12.2. The maximum absolute atomic E-state index is 12.6. The molecule has 26 heavy (non-hydrogen) atoms. The van der Waals surface area contributed by atoms with Gasteiger partial charge in [0, 0.05) is 11.8 Å². The van der Waals surface area contributed by atoms with Crippen molar-refractivity contribution in [3.05, 3.63) is 58.7 Å². The summed E-state index contributed by atoms with van der Waals surface area (Å²) in [5.74, 6) is -1.24. The number of nitrogens with one attached hydrogen (secondary N) is 3. The summed E-state index contributed by atoms with van der Waals surface area (Å²) >= 11 is 5.77. The molecule has 0 aliphatic rings. The Bertz CT molecular complexity index is 800. The molecule has 0 spiro atoms. The standard InChI is InChI=1S/C16H14ClF3N4O2/c1-9(14(25)23-24-15(26)10-5-3-2-4-6-10)22-13-12(17)7-11(8-21-13)16(18,19)20/h2-9H,1H3,(H,21,22)(H,23,25)(H,24,26)/t9-/m0/s1. The SMILES string of the molecule is C[C@H](Nc1ncc(C(F)(F)F)cc1Cl)C(=O)NNC(=O)c1ccccc1. The van der Waals surface area contributed by atoms with E-state index in [-0.39, 0.29) is 10.8 Å². The molecule has 138 valence electrons. The number of aromatic nitrogens is 1. The predicted molar refractivity (Wildman–Crippen MR) is 89.4 cm³/mol. The lowest BCUT2D eigenvalue weighted by atomic mass is 10.2. The second-order valence-corrected chi connectivity index (χ2v) is 5.63. The van der Waals surface area contributed by atoms with E-state index in [2.05, 4.69) is 21.2 Å². The number of pyridine rings is 1. The average Bonchev–Trinajstić information content (AvgIpc) is 2.60. The molecule has 0 radical (unpaired) electrons. The number of nitrogens with zero attached hydrogens (tertiary/aromatic N) is 1. The van der Waals surface area contributed by atoms with E-state index in [1.807, 2.05) is 0 Å². The number of hydrogen-bond acceptors (Lipinski definition) is 4. The van der Waals surface area contributed by atoms with Crippen LogP contribution in [-0.4, -0.2) is 22.8 Å². The molecule has 0 saturated carbocycles. The highest BCUT2D eigenvalue weighted by Gasteiger charge is 2.31. The van der Waals surface area contributed by atoms with E-state index >= 15 is 0 Å². The van der Waals surface area contributed by atoms with Crippen molar-refractivity contribution in [2.45, 2.75) is 19.1 Å². The molecule has 1 atom stereocenters. The van der Waals surface area contributed by atoms with Crippen LogP contribution in [0.3, 0.4) is 0 Å². The van der Waals surface area contributed by atoms with Crippen LogP contribution in [0.4, 0.5) is 19.0 Å². The zero-order valence-electron chi connectivity index (χ0n) is 13.4. The number of carbonyl (C=O) groups is 2. The number of benzene rings is 1. The molecule has 10 heteroatoms. The number of rotatable bonds is 4. The van der Waals surface area contributed by atoms with Gasteiger partial charge in [-0.25, -0.2) is 4.98 Å². The van der Waals surface area contributed by atoms with Gasteiger partial charge in [0.2, 0.25) is 0 Å². The van der Waals surface area contributed by atoms with Gasteiger partial charge in [-0.3, -0.25) is 20.4 Å². The molecule has 1 heterocycles. The van der Waals surface area contributed by atoms with Gasteiger partial charge >= 0.3 is 6.18 Å². The van der Waals surface area contributed by atoms with Gasteiger partial charge in [0.25, 0.3) is 11.8 Å². The molecule has 0 bridgehead atoms. The summed E-state index contributed by atoms with van der Waals surface area (Å²) in [7, 11) is 0. The third-order valence-corrected chi connectivity index (χ3v) is 3.54. The maximum Gasteiger partial charge on any atom is 0.417 e. The highest BCUT2D eigenvalue weighted by Crippen LogP contribution is 2.32. The van der Waals surface area contributed by atoms with E-state index in [0.717, 1.165) is 0 Å². The summed E-state index contributed by atoms with van der Waals surface area (Å²) in [6.45, 7) is 1.43. The Labute approximate surface area is 151 Å². The first-order valence-corrected chi connectivity index (χ1v) is 7.71. The van der Waals surface area contributed by atoms with Crippen molar-refractivity contribution in [3.63, 3.8) is 0 Å². The minimum Gasteiger partial charge on any atom is -0.357 e. The van der Waals surface area contributed by atoms with Gasteiger partial charge in [-0.05, 0) is 25.1 Å². The van der Waals surface area contributed by atoms with Crippen LogP contribution in [0.2, 0.25) is 5.02 Å². The summed E-state index contributed by atoms with van der Waals surface area (Å²) in [5.41, 5.74) is 3.78. The van der Waals surface area contributed by atoms with Gasteiger partial charge in [-0.1, -0.05) is 29.8 Å². The van der Waals surface area contributed by atoms with E-state index < -0.39 is 29.6 Å². The van der Waals surface area contributed by atoms with Gasteiger partial charge in [-0.15, -0.1) is 0 Å². The summed E-state index contributed by atoms with van der Waals surface area (Å²) in [5, 5.41) is 2.29. The predicted octanol–water partition coefficient (Wildman–Crippen LogP) is 3.02. The topological polar surface area (TPSA) is 83.1 Å². The summed E-state index contributed by atoms with van der Waals surface area (Å²) in [6.07, 6.45) is -3.96. The summed E-state index contributed by atoms with van der Waals surface area (Å²) in [6, 6.07) is 7.98. The van der Waals surface area contributed by atoms with Crippen molar-refractivity contribution in [3.8, 4) is 0 Å². The Morgan fingerprint density at radius 1 is 1.15 bits per heavy atom. The Kier molecular flexibility index (Phi) is 6.04. The van der Waals surface area contributed by atoms with Crippen LogP contribution < -0.4 is 16.2 Å². The van der Waals surface area contributed by atoms with Crippen molar-refractivity contribution >= 4 is 29.2 Å². The van der Waals surface area contributed by atoms with Crippen molar-refractivity contribution < 1.29 is 22.8 Å². The zero-order chi connectivity index (χ0) is 19.3. The van der Waals surface area contributed by atoms with Crippen molar-refractivity contribution in [1.82, 2.24) is 15.8 Å². The molecule has 0 aliphatic heterocycles. The minimum atomic E-state index is -4.57. The summed E-state index contributed by atoms with van der Waals surface area (Å²) < 4.78 is 37.7. The third-order valence-electron chi connectivity index (χ3n) is 3.25. The molecule has 0 unspecified atom stereocenters. The number of amides is 2. The van der Waals surface area contributed by atoms with Crippen LogP contribution in [-0.2, 0) is 11.0 Å². The Hall–Kier alpha value is -2.81. The lowest BCUT2D eigenvalue weighted by molar-refractivity contribution is -0.137. The fourth-order valence-electron chi connectivity index (χ4n) is 1.86. The molecule has 0 saturated heterocycles. The lowest BCUT2D eigenvalue weighted by Gasteiger charge is -2.16. The number of halogens is 4. The minimum absolute atomic E-state index is 0.0864. The van der Waals surface area contributed by atoms with Crippen LogP contribution in [0.25, 0.3) is 0 Å². The van der Waals surface area contributed by atoms with Crippen LogP contribution >= 0.6 is 11.6 Å². The maximum atomic E-state index is 12.6. The van der Waals surface area contributed by atoms with Crippen molar-refractivity contribution in [1.29, 1.82) is 0 Å². The highest BCUT2D eigenvalue weighted by atomic mass is 35.5. The number of hydrazine groups is 1. The van der Waals surface area contributed by atoms with E-state index in [0.29, 0.717) is 17.8 Å². The molecule has 1 aromatic heterocycles. The van der Waals surface area contributed by atoms with Gasteiger partial charge < -0.3 is 5.32 Å². The van der Waals surface area contributed by atoms with Crippen LogP contribution in [0, 0.1) is 0 Å². The molecule has 6 nitrogen and oxygen atoms in total. The quantitative estimate of drug-likeness (QED) is 0.705. The molecule has 0 aliphatic carbocycles. The molecule has 2 aromatic rings. The van der Waals surface area contributed by atoms with Gasteiger partial charge in [0.05, 0.1) is 10.6 Å². The first-order chi connectivity index (χ1) is 12.2. The van der Waals surface area contributed by atoms with Gasteiger partial charge in [-0.2, -0.15) is 13.2 Å². The van der Waals surface area contributed by atoms with Gasteiger partial charge in [0.1, 0.15) is 11.9 Å². The van der Waals surface area contributed by atoms with Crippen LogP contribution in [0.5, 0.6) is 0 Å². The highest BCUT2D eigenvalue weighted by molar-refractivity contribution is 6.33. The second kappa shape index (κ2) is 8.05. The van der Waals surface area contributed by atoms with Crippen molar-refractivity contribution in [2.24, 2.45) is 0 Å². The number of carbonyl (C=O) groups excluding carboxylic acids is 2. The van der Waals surface area contributed by atoms with E-state index in [1.54, 1.807) is 30.3 Å². The monoisotopic (exact) mass is 386 g/mol. The zero-order valence-corrected chi connectivity index (χ0v) is 14.2. The number of anilines is 1.